The number of aryl methyl sites for hydroxylation is 1. The number of rotatable bonds is 5. The van der Waals surface area contributed by atoms with Gasteiger partial charge in [-0.2, -0.15) is 5.10 Å². The highest BCUT2D eigenvalue weighted by atomic mass is 79.9. The summed E-state index contributed by atoms with van der Waals surface area (Å²) in [6, 6.07) is 1.88. The summed E-state index contributed by atoms with van der Waals surface area (Å²) in [5, 5.41) is 7.35. The molecule has 19 heavy (non-hydrogen) atoms. The number of anilines is 1. The summed E-state index contributed by atoms with van der Waals surface area (Å²) in [4.78, 5) is 9.05. The maximum atomic E-state index is 5.17. The summed E-state index contributed by atoms with van der Waals surface area (Å²) in [6.07, 6.45) is 1.73. The topological polar surface area (TPSA) is 64.9 Å². The van der Waals surface area contributed by atoms with Crippen LogP contribution in [0.4, 0.5) is 5.82 Å². The maximum absolute atomic E-state index is 5.17. The number of nitrogens with zero attached hydrogens (tertiary/aromatic N) is 4. The van der Waals surface area contributed by atoms with Crippen molar-refractivity contribution in [1.29, 1.82) is 0 Å². The number of nitrogens with one attached hydrogen (secondary N) is 1. The summed E-state index contributed by atoms with van der Waals surface area (Å²) in [7, 11) is 3.51. The van der Waals surface area contributed by atoms with E-state index in [1.54, 1.807) is 18.0 Å². The third-order valence-corrected chi connectivity index (χ3v) is 3.43. The molecule has 0 saturated heterocycles. The van der Waals surface area contributed by atoms with Gasteiger partial charge in [-0.3, -0.25) is 4.68 Å². The molecule has 2 aromatic heterocycles. The van der Waals surface area contributed by atoms with Crippen molar-refractivity contribution in [1.82, 2.24) is 19.7 Å². The van der Waals surface area contributed by atoms with Crippen LogP contribution >= 0.6 is 15.9 Å². The molecule has 0 aromatic carbocycles. The number of hydrogen-bond acceptors (Lipinski definition) is 5. The van der Waals surface area contributed by atoms with Crippen molar-refractivity contribution in [3.05, 3.63) is 22.4 Å². The van der Waals surface area contributed by atoms with Crippen LogP contribution in [0.25, 0.3) is 11.5 Å². The molecule has 0 amide bonds. The lowest BCUT2D eigenvalue weighted by molar-refractivity contribution is 0.181. The van der Waals surface area contributed by atoms with Crippen molar-refractivity contribution in [2.24, 2.45) is 7.05 Å². The van der Waals surface area contributed by atoms with E-state index in [0.29, 0.717) is 12.4 Å². The Morgan fingerprint density at radius 3 is 2.79 bits per heavy atom. The van der Waals surface area contributed by atoms with Crippen molar-refractivity contribution < 1.29 is 4.74 Å². The van der Waals surface area contributed by atoms with Crippen molar-refractivity contribution in [2.45, 2.75) is 13.5 Å². The van der Waals surface area contributed by atoms with Crippen molar-refractivity contribution >= 4 is 21.7 Å². The van der Waals surface area contributed by atoms with E-state index >= 15 is 0 Å². The van der Waals surface area contributed by atoms with Gasteiger partial charge in [0.1, 0.15) is 11.5 Å². The minimum absolute atomic E-state index is 0.423. The van der Waals surface area contributed by atoms with Gasteiger partial charge in [0.15, 0.2) is 5.82 Å². The van der Waals surface area contributed by atoms with E-state index in [1.807, 2.05) is 20.0 Å². The van der Waals surface area contributed by atoms with Crippen LogP contribution in [0, 0.1) is 0 Å². The largest absolute Gasteiger partial charge is 0.378 e. The Morgan fingerprint density at radius 2 is 2.21 bits per heavy atom. The van der Waals surface area contributed by atoms with Gasteiger partial charge >= 0.3 is 0 Å². The van der Waals surface area contributed by atoms with Gasteiger partial charge in [-0.1, -0.05) is 0 Å². The van der Waals surface area contributed by atoms with E-state index in [1.165, 1.54) is 0 Å². The third-order valence-electron chi connectivity index (χ3n) is 2.60. The Bertz CT molecular complexity index is 542. The molecule has 0 spiro atoms. The minimum Gasteiger partial charge on any atom is -0.378 e. The molecule has 0 aliphatic heterocycles. The number of ether oxygens (including phenoxy) is 1. The zero-order valence-electron chi connectivity index (χ0n) is 11.1. The predicted octanol–water partition coefficient (Wildman–Crippen LogP) is 2.22. The van der Waals surface area contributed by atoms with Crippen molar-refractivity contribution in [3.63, 3.8) is 0 Å². The van der Waals surface area contributed by atoms with Gasteiger partial charge in [0.25, 0.3) is 0 Å². The molecule has 0 atom stereocenters. The van der Waals surface area contributed by atoms with Gasteiger partial charge in [-0.05, 0) is 28.9 Å². The van der Waals surface area contributed by atoms with Crippen molar-refractivity contribution in [3.8, 4) is 11.5 Å². The lowest BCUT2D eigenvalue weighted by atomic mass is 10.3. The van der Waals surface area contributed by atoms with Gasteiger partial charge in [0.05, 0.1) is 16.8 Å². The fraction of sp³-hybridized carbons (Fsp3) is 0.417. The highest BCUT2D eigenvalue weighted by molar-refractivity contribution is 9.10. The van der Waals surface area contributed by atoms with Crippen molar-refractivity contribution in [2.75, 3.05) is 19.0 Å². The van der Waals surface area contributed by atoms with Crippen LogP contribution in [0.1, 0.15) is 12.6 Å². The van der Waals surface area contributed by atoms with Gasteiger partial charge in [0.2, 0.25) is 0 Å². The van der Waals surface area contributed by atoms with Crippen LogP contribution < -0.4 is 5.32 Å². The van der Waals surface area contributed by atoms with Crippen LogP contribution in [0.5, 0.6) is 0 Å². The monoisotopic (exact) mass is 325 g/mol. The Kier molecular flexibility index (Phi) is 4.49. The van der Waals surface area contributed by atoms with Gasteiger partial charge in [-0.15, -0.1) is 0 Å². The predicted molar refractivity (Wildman–Crippen MR) is 76.8 cm³/mol. The summed E-state index contributed by atoms with van der Waals surface area (Å²) in [5.74, 6) is 1.40. The van der Waals surface area contributed by atoms with Crippen LogP contribution in [0.2, 0.25) is 0 Å². The molecular weight excluding hydrogens is 310 g/mol. The second-order valence-corrected chi connectivity index (χ2v) is 4.75. The number of aromatic nitrogens is 4. The molecule has 2 rings (SSSR count). The normalized spacial score (nSPS) is 10.7. The SMILES string of the molecule is CCNc1nc(-c2ccnn2C)nc(COC)c1Br. The van der Waals surface area contributed by atoms with Crippen LogP contribution in [0.15, 0.2) is 16.7 Å². The fourth-order valence-electron chi connectivity index (χ4n) is 1.72. The lowest BCUT2D eigenvalue weighted by Gasteiger charge is -2.11. The molecule has 6 nitrogen and oxygen atoms in total. The second kappa shape index (κ2) is 6.12. The highest BCUT2D eigenvalue weighted by Crippen LogP contribution is 2.27. The van der Waals surface area contributed by atoms with Gasteiger partial charge < -0.3 is 10.1 Å². The molecule has 2 heterocycles. The summed E-state index contributed by atoms with van der Waals surface area (Å²) in [6.45, 7) is 3.23. The average Bonchev–Trinajstić information content (AvgIpc) is 2.81. The Labute approximate surface area is 120 Å². The third kappa shape index (κ3) is 2.93. The first-order valence-corrected chi connectivity index (χ1v) is 6.74. The van der Waals surface area contributed by atoms with Crippen LogP contribution in [0.3, 0.4) is 0 Å². The summed E-state index contributed by atoms with van der Waals surface area (Å²) < 4.78 is 7.75. The molecule has 0 fully saturated rings. The smallest absolute Gasteiger partial charge is 0.180 e. The Balaban J connectivity index is 2.52. The molecule has 0 saturated carbocycles. The molecular formula is C12H16BrN5O. The minimum atomic E-state index is 0.423. The molecule has 7 heteroatoms. The average molecular weight is 326 g/mol. The van der Waals surface area contributed by atoms with E-state index in [-0.39, 0.29) is 0 Å². The lowest BCUT2D eigenvalue weighted by Crippen LogP contribution is -2.08. The van der Waals surface area contributed by atoms with E-state index < -0.39 is 0 Å². The van der Waals surface area contributed by atoms with Crippen LogP contribution in [-0.4, -0.2) is 33.4 Å². The second-order valence-electron chi connectivity index (χ2n) is 3.96. The zero-order valence-corrected chi connectivity index (χ0v) is 12.7. The molecule has 0 radical (unpaired) electrons. The molecule has 0 aliphatic carbocycles. The summed E-state index contributed by atoms with van der Waals surface area (Å²) in [5.41, 5.74) is 1.67. The standard InChI is InChI=1S/C12H16BrN5O/c1-4-14-12-10(13)8(7-19-3)16-11(17-12)9-5-6-15-18(9)2/h5-6H,4,7H2,1-3H3,(H,14,16,17). The maximum Gasteiger partial charge on any atom is 0.180 e. The van der Waals surface area contributed by atoms with E-state index in [0.717, 1.165) is 28.2 Å². The number of halogens is 1. The highest BCUT2D eigenvalue weighted by Gasteiger charge is 2.14. The van der Waals surface area contributed by atoms with E-state index in [4.69, 9.17) is 4.74 Å². The molecule has 1 N–H and O–H groups in total. The molecule has 0 unspecified atom stereocenters. The van der Waals surface area contributed by atoms with Gasteiger partial charge in [0, 0.05) is 26.9 Å². The van der Waals surface area contributed by atoms with E-state index in [2.05, 4.69) is 36.3 Å². The first kappa shape index (κ1) is 14.0. The number of methoxy groups -OCH3 is 1. The Morgan fingerprint density at radius 1 is 1.42 bits per heavy atom. The zero-order chi connectivity index (χ0) is 13.8. The molecule has 0 bridgehead atoms. The summed E-state index contributed by atoms with van der Waals surface area (Å²) >= 11 is 3.51. The molecule has 102 valence electrons. The number of hydrogen-bond donors (Lipinski definition) is 1. The fourth-order valence-corrected chi connectivity index (χ4v) is 2.15. The molecule has 0 aliphatic rings. The first-order chi connectivity index (χ1) is 9.17. The van der Waals surface area contributed by atoms with Gasteiger partial charge in [-0.25, -0.2) is 9.97 Å². The quantitative estimate of drug-likeness (QED) is 0.913. The Hall–Kier alpha value is -1.47. The van der Waals surface area contributed by atoms with E-state index in [9.17, 15) is 0 Å². The molecule has 2 aromatic rings. The first-order valence-electron chi connectivity index (χ1n) is 5.95. The van der Waals surface area contributed by atoms with Crippen LogP contribution in [-0.2, 0) is 18.4 Å².